The number of fused-ring (bicyclic) bond motifs is 6. The van der Waals surface area contributed by atoms with Gasteiger partial charge in [-0.1, -0.05) is 19.9 Å². The highest BCUT2D eigenvalue weighted by Gasteiger charge is 2.60. The zero-order chi connectivity index (χ0) is 22.3. The minimum absolute atomic E-state index is 0.133. The number of carbonyl (C=O) groups excluding carboxylic acids is 1. The molecule has 1 aliphatic heterocycles. The number of amides is 1. The molecule has 3 fully saturated rings. The molecule has 2 aromatic rings. The summed E-state index contributed by atoms with van der Waals surface area (Å²) in [5, 5.41) is 0. The first-order chi connectivity index (χ1) is 15.3. The summed E-state index contributed by atoms with van der Waals surface area (Å²) in [7, 11) is 4.16. The fourth-order valence-corrected chi connectivity index (χ4v) is 8.66. The Balaban J connectivity index is 1.28. The van der Waals surface area contributed by atoms with E-state index in [9.17, 15) is 4.79 Å². The summed E-state index contributed by atoms with van der Waals surface area (Å²) in [6, 6.07) is 4.50. The lowest BCUT2D eigenvalue weighted by Crippen LogP contribution is -2.59. The van der Waals surface area contributed by atoms with E-state index in [1.807, 2.05) is 30.3 Å². The van der Waals surface area contributed by atoms with Crippen LogP contribution in [0.15, 0.2) is 30.5 Å². The van der Waals surface area contributed by atoms with E-state index >= 15 is 0 Å². The molecule has 3 aliphatic carbocycles. The zero-order valence-electron chi connectivity index (χ0n) is 19.9. The van der Waals surface area contributed by atoms with Gasteiger partial charge in [-0.3, -0.25) is 4.79 Å². The van der Waals surface area contributed by atoms with Crippen molar-refractivity contribution in [3.63, 3.8) is 0 Å². The highest BCUT2D eigenvalue weighted by Crippen LogP contribution is 2.65. The number of carbonyl (C=O) groups is 1. The number of likely N-dealkylation sites (N-methyl/N-ethyl adjacent to an activating group) is 1. The molecule has 0 aromatic carbocycles. The first kappa shape index (κ1) is 20.4. The van der Waals surface area contributed by atoms with Gasteiger partial charge in [0.25, 0.3) is 0 Å². The summed E-state index contributed by atoms with van der Waals surface area (Å²) in [6.45, 7) is 5.03. The van der Waals surface area contributed by atoms with Gasteiger partial charge in [0, 0.05) is 38.2 Å². The van der Waals surface area contributed by atoms with Crippen LogP contribution in [-0.4, -0.2) is 38.4 Å². The van der Waals surface area contributed by atoms with Gasteiger partial charge in [-0.05, 0) is 85.8 Å². The van der Waals surface area contributed by atoms with Gasteiger partial charge in [0.1, 0.15) is 5.82 Å². The number of nitrogens with zero attached hydrogens (tertiary/aromatic N) is 4. The van der Waals surface area contributed by atoms with Crippen molar-refractivity contribution in [2.24, 2.45) is 41.5 Å². The molecule has 2 unspecified atom stereocenters. The van der Waals surface area contributed by atoms with Gasteiger partial charge in [0.2, 0.25) is 5.91 Å². The van der Waals surface area contributed by atoms with Gasteiger partial charge in [0.15, 0.2) is 5.65 Å². The molecule has 1 amide bonds. The lowest BCUT2D eigenvalue weighted by atomic mass is 9.47. The van der Waals surface area contributed by atoms with Crippen LogP contribution >= 0.6 is 0 Å². The molecule has 0 saturated heterocycles. The SMILES string of the molecule is CN1C(=O)C=C[C@@]2(C)C1CC[C@@H]1[C@H]2CC[C@]2(C)C(Cc3nc4ncccc4n3C)CC[C@@H]12. The Morgan fingerprint density at radius 3 is 2.75 bits per heavy atom. The third-order valence-corrected chi connectivity index (χ3v) is 10.5. The molecule has 3 heterocycles. The van der Waals surface area contributed by atoms with Crippen LogP contribution in [0.5, 0.6) is 0 Å². The normalized spacial score (nSPS) is 40.9. The van der Waals surface area contributed by atoms with Gasteiger partial charge >= 0.3 is 0 Å². The van der Waals surface area contributed by atoms with Gasteiger partial charge in [0.05, 0.1) is 5.52 Å². The Hall–Kier alpha value is -2.17. The largest absolute Gasteiger partial charge is 0.338 e. The summed E-state index contributed by atoms with van der Waals surface area (Å²) in [5.41, 5.74) is 2.55. The Morgan fingerprint density at radius 1 is 1.09 bits per heavy atom. The van der Waals surface area contributed by atoms with Crippen LogP contribution < -0.4 is 0 Å². The number of pyridine rings is 1. The van der Waals surface area contributed by atoms with E-state index in [1.165, 1.54) is 37.9 Å². The lowest BCUT2D eigenvalue weighted by Gasteiger charge is -2.60. The first-order valence-corrected chi connectivity index (χ1v) is 12.6. The van der Waals surface area contributed by atoms with Crippen LogP contribution in [0.3, 0.4) is 0 Å². The smallest absolute Gasteiger partial charge is 0.246 e. The highest BCUT2D eigenvalue weighted by atomic mass is 16.2. The lowest BCUT2D eigenvalue weighted by molar-refractivity contribution is -0.138. The average Bonchev–Trinajstić information content (AvgIpc) is 3.28. The second kappa shape index (κ2) is 6.91. The van der Waals surface area contributed by atoms with Crippen LogP contribution in [0, 0.1) is 34.5 Å². The van der Waals surface area contributed by atoms with Gasteiger partial charge < -0.3 is 9.47 Å². The molecule has 0 N–H and O–H groups in total. The molecular formula is C27H36N4O. The predicted octanol–water partition coefficient (Wildman–Crippen LogP) is 4.77. The van der Waals surface area contributed by atoms with Crippen molar-refractivity contribution in [3.8, 4) is 0 Å². The summed E-state index contributed by atoms with van der Waals surface area (Å²) < 4.78 is 2.26. The second-order valence-electron chi connectivity index (χ2n) is 11.6. The van der Waals surface area contributed by atoms with E-state index in [4.69, 9.17) is 4.98 Å². The van der Waals surface area contributed by atoms with Crippen molar-refractivity contribution < 1.29 is 4.79 Å². The third kappa shape index (κ3) is 2.66. The molecule has 0 radical (unpaired) electrons. The maximum Gasteiger partial charge on any atom is 0.246 e. The standard InChI is InChI=1S/C27H36N4O/c1-26-13-11-20-18(8-10-22-27(20,2)14-12-24(32)31(22)4)19(26)9-7-17(26)16-23-29-25-21(30(23)3)6-5-15-28-25/h5-6,12,14-15,17-20,22H,7-11,13,16H2,1-4H3/t17?,18-,19-,20+,22?,26+,27+/m0/s1. The molecule has 170 valence electrons. The minimum Gasteiger partial charge on any atom is -0.338 e. The van der Waals surface area contributed by atoms with Crippen LogP contribution in [0.25, 0.3) is 11.2 Å². The fourth-order valence-electron chi connectivity index (χ4n) is 8.66. The van der Waals surface area contributed by atoms with E-state index in [0.717, 1.165) is 35.8 Å². The van der Waals surface area contributed by atoms with Crippen LogP contribution in [0.2, 0.25) is 0 Å². The van der Waals surface area contributed by atoms with Crippen molar-refractivity contribution in [1.82, 2.24) is 19.4 Å². The summed E-state index contributed by atoms with van der Waals surface area (Å²) in [4.78, 5) is 23.7. The van der Waals surface area contributed by atoms with Crippen LogP contribution in [-0.2, 0) is 18.3 Å². The molecule has 3 saturated carbocycles. The van der Waals surface area contributed by atoms with Gasteiger partial charge in [-0.2, -0.15) is 0 Å². The van der Waals surface area contributed by atoms with Crippen molar-refractivity contribution in [3.05, 3.63) is 36.3 Å². The number of hydrogen-bond donors (Lipinski definition) is 0. The van der Waals surface area contributed by atoms with Crippen molar-refractivity contribution in [1.29, 1.82) is 0 Å². The molecule has 7 atom stereocenters. The Morgan fingerprint density at radius 2 is 1.94 bits per heavy atom. The number of aromatic nitrogens is 3. The highest BCUT2D eigenvalue weighted by molar-refractivity contribution is 5.89. The fraction of sp³-hybridized carbons (Fsp3) is 0.667. The van der Waals surface area contributed by atoms with Gasteiger partial charge in [-0.25, -0.2) is 9.97 Å². The monoisotopic (exact) mass is 432 g/mol. The van der Waals surface area contributed by atoms with E-state index in [1.54, 1.807) is 0 Å². The van der Waals surface area contributed by atoms with Crippen LogP contribution in [0.4, 0.5) is 0 Å². The Bertz CT molecular complexity index is 1100. The molecular weight excluding hydrogens is 396 g/mol. The molecule has 0 spiro atoms. The molecule has 4 aliphatic rings. The Kier molecular flexibility index (Phi) is 4.42. The molecule has 6 rings (SSSR count). The van der Waals surface area contributed by atoms with E-state index in [-0.39, 0.29) is 11.3 Å². The maximum atomic E-state index is 12.3. The van der Waals surface area contributed by atoms with Crippen molar-refractivity contribution in [2.45, 2.75) is 64.8 Å². The third-order valence-electron chi connectivity index (χ3n) is 10.5. The number of aryl methyl sites for hydroxylation is 1. The maximum absolute atomic E-state index is 12.3. The van der Waals surface area contributed by atoms with E-state index in [2.05, 4.69) is 42.6 Å². The summed E-state index contributed by atoms with van der Waals surface area (Å²) in [5.74, 6) is 4.36. The predicted molar refractivity (Wildman–Crippen MR) is 126 cm³/mol. The van der Waals surface area contributed by atoms with Crippen molar-refractivity contribution in [2.75, 3.05) is 7.05 Å². The topological polar surface area (TPSA) is 51.0 Å². The summed E-state index contributed by atoms with van der Waals surface area (Å²) >= 11 is 0. The van der Waals surface area contributed by atoms with E-state index < -0.39 is 0 Å². The molecule has 32 heavy (non-hydrogen) atoms. The molecule has 5 heteroatoms. The zero-order valence-corrected chi connectivity index (χ0v) is 19.9. The van der Waals surface area contributed by atoms with Gasteiger partial charge in [-0.15, -0.1) is 0 Å². The minimum atomic E-state index is 0.133. The molecule has 5 nitrogen and oxygen atoms in total. The van der Waals surface area contributed by atoms with E-state index in [0.29, 0.717) is 23.3 Å². The summed E-state index contributed by atoms with van der Waals surface area (Å²) in [6.07, 6.45) is 14.7. The quantitative estimate of drug-likeness (QED) is 0.687. The molecule has 2 aromatic heterocycles. The number of rotatable bonds is 2. The first-order valence-electron chi connectivity index (χ1n) is 12.6. The second-order valence-corrected chi connectivity index (χ2v) is 11.6. The molecule has 0 bridgehead atoms. The van der Waals surface area contributed by atoms with Crippen molar-refractivity contribution >= 4 is 17.1 Å². The number of imidazole rings is 1. The average molecular weight is 433 g/mol. The number of hydrogen-bond acceptors (Lipinski definition) is 3. The van der Waals surface area contributed by atoms with Crippen LogP contribution in [0.1, 0.15) is 58.2 Å². The Labute approximate surface area is 191 Å².